The first-order chi connectivity index (χ1) is 17.3. The lowest BCUT2D eigenvalue weighted by atomic mass is 10.1. The van der Waals surface area contributed by atoms with Crippen LogP contribution in [0, 0.1) is 0 Å². The molecule has 9 heteroatoms. The molecule has 8 nitrogen and oxygen atoms in total. The molecule has 2 amide bonds. The van der Waals surface area contributed by atoms with Gasteiger partial charge in [0.05, 0.1) is 17.7 Å². The van der Waals surface area contributed by atoms with Crippen LogP contribution in [0.2, 0.25) is 0 Å². The first-order valence-electron chi connectivity index (χ1n) is 11.6. The van der Waals surface area contributed by atoms with Crippen molar-refractivity contribution in [3.05, 3.63) is 90.5 Å². The molecule has 0 bridgehead atoms. The molecule has 0 fully saturated rings. The molecular formula is C27H31N3O5S. The van der Waals surface area contributed by atoms with Gasteiger partial charge in [-0.1, -0.05) is 61.5 Å². The van der Waals surface area contributed by atoms with Gasteiger partial charge < -0.3 is 15.0 Å². The van der Waals surface area contributed by atoms with E-state index in [1.54, 1.807) is 42.5 Å². The number of hydrogen-bond acceptors (Lipinski definition) is 5. The highest BCUT2D eigenvalue weighted by atomic mass is 32.2. The number of ether oxygens (including phenoxy) is 1. The summed E-state index contributed by atoms with van der Waals surface area (Å²) in [6.07, 6.45) is 0.364. The highest BCUT2D eigenvalue weighted by molar-refractivity contribution is 7.92. The van der Waals surface area contributed by atoms with Crippen molar-refractivity contribution in [2.45, 2.75) is 30.8 Å². The van der Waals surface area contributed by atoms with Crippen LogP contribution in [0.5, 0.6) is 5.75 Å². The zero-order chi connectivity index (χ0) is 26.1. The Labute approximate surface area is 212 Å². The molecule has 36 heavy (non-hydrogen) atoms. The maximum absolute atomic E-state index is 13.8. The molecule has 1 N–H and O–H groups in total. The smallest absolute Gasteiger partial charge is 0.264 e. The molecule has 0 saturated heterocycles. The van der Waals surface area contributed by atoms with E-state index >= 15 is 0 Å². The van der Waals surface area contributed by atoms with Gasteiger partial charge in [0, 0.05) is 19.7 Å². The second-order valence-corrected chi connectivity index (χ2v) is 9.93. The number of benzene rings is 3. The van der Waals surface area contributed by atoms with E-state index < -0.39 is 28.5 Å². The van der Waals surface area contributed by atoms with E-state index in [9.17, 15) is 18.0 Å². The molecule has 3 aromatic carbocycles. The second kappa shape index (κ2) is 12.2. The third kappa shape index (κ3) is 6.23. The normalized spacial score (nSPS) is 11.9. The lowest BCUT2D eigenvalue weighted by Gasteiger charge is -2.33. The minimum atomic E-state index is -4.11. The predicted molar refractivity (Wildman–Crippen MR) is 139 cm³/mol. The molecule has 1 atom stereocenters. The largest absolute Gasteiger partial charge is 0.497 e. The highest BCUT2D eigenvalue weighted by Gasteiger charge is 2.33. The number of carbonyl (C=O) groups is 2. The Hall–Kier alpha value is -3.85. The maximum Gasteiger partial charge on any atom is 0.264 e. The molecule has 3 aromatic rings. The zero-order valence-electron chi connectivity index (χ0n) is 20.6. The Morgan fingerprint density at radius 1 is 0.944 bits per heavy atom. The van der Waals surface area contributed by atoms with Crippen molar-refractivity contribution in [3.63, 3.8) is 0 Å². The number of nitrogens with one attached hydrogen (secondary N) is 1. The molecule has 0 aliphatic carbocycles. The van der Waals surface area contributed by atoms with Crippen molar-refractivity contribution >= 4 is 27.5 Å². The van der Waals surface area contributed by atoms with Crippen LogP contribution in [0.15, 0.2) is 89.8 Å². The Morgan fingerprint density at radius 2 is 1.58 bits per heavy atom. The van der Waals surface area contributed by atoms with E-state index in [4.69, 9.17) is 4.74 Å². The summed E-state index contributed by atoms with van der Waals surface area (Å²) in [6.45, 7) is 1.47. The van der Waals surface area contributed by atoms with Gasteiger partial charge in [-0.25, -0.2) is 8.42 Å². The number of likely N-dealkylation sites (N-methyl/N-ethyl adjacent to an activating group) is 1. The van der Waals surface area contributed by atoms with Gasteiger partial charge in [-0.2, -0.15) is 0 Å². The summed E-state index contributed by atoms with van der Waals surface area (Å²) in [5.74, 6) is -0.372. The summed E-state index contributed by atoms with van der Waals surface area (Å²) < 4.78 is 33.8. The molecule has 0 spiro atoms. The molecule has 0 radical (unpaired) electrons. The summed E-state index contributed by atoms with van der Waals surface area (Å²) in [6, 6.07) is 23.0. The van der Waals surface area contributed by atoms with E-state index in [0.717, 1.165) is 9.87 Å². The lowest BCUT2D eigenvalue weighted by Crippen LogP contribution is -2.51. The number of sulfonamides is 1. The van der Waals surface area contributed by atoms with E-state index in [1.165, 1.54) is 31.2 Å². The number of methoxy groups -OCH3 is 1. The molecule has 0 aromatic heterocycles. The topological polar surface area (TPSA) is 96.0 Å². The standard InChI is InChI=1S/C27H31N3O5S/c1-4-25(27(32)28-2)29(19-21-12-7-5-8-13-21)26(31)20-30(22-14-11-15-23(18-22)35-3)36(33,34)24-16-9-6-10-17-24/h5-18,25H,4,19-20H2,1-3H3,(H,28,32)/t25-/m1/s1. The van der Waals surface area contributed by atoms with Crippen molar-refractivity contribution in [3.8, 4) is 5.75 Å². The highest BCUT2D eigenvalue weighted by Crippen LogP contribution is 2.27. The van der Waals surface area contributed by atoms with Crippen LogP contribution in [0.25, 0.3) is 0 Å². The van der Waals surface area contributed by atoms with E-state index in [-0.39, 0.29) is 23.0 Å². The molecule has 0 aliphatic rings. The van der Waals surface area contributed by atoms with Gasteiger partial charge in [-0.3, -0.25) is 13.9 Å². The Kier molecular flexibility index (Phi) is 9.08. The van der Waals surface area contributed by atoms with Crippen LogP contribution >= 0.6 is 0 Å². The van der Waals surface area contributed by atoms with Gasteiger partial charge in [-0.05, 0) is 36.2 Å². The molecular weight excluding hydrogens is 478 g/mol. The monoisotopic (exact) mass is 509 g/mol. The molecule has 190 valence electrons. The number of carbonyl (C=O) groups excluding carboxylic acids is 2. The third-order valence-electron chi connectivity index (χ3n) is 5.78. The van der Waals surface area contributed by atoms with Gasteiger partial charge in [0.15, 0.2) is 0 Å². The van der Waals surface area contributed by atoms with Gasteiger partial charge >= 0.3 is 0 Å². The van der Waals surface area contributed by atoms with Crippen LogP contribution in [0.3, 0.4) is 0 Å². The van der Waals surface area contributed by atoms with Crippen LogP contribution in [-0.4, -0.2) is 51.9 Å². The van der Waals surface area contributed by atoms with Gasteiger partial charge in [0.25, 0.3) is 10.0 Å². The summed E-state index contributed by atoms with van der Waals surface area (Å²) in [4.78, 5) is 28.0. The predicted octanol–water partition coefficient (Wildman–Crippen LogP) is 3.44. The second-order valence-electron chi connectivity index (χ2n) is 8.07. The number of anilines is 1. The molecule has 3 rings (SSSR count). The van der Waals surface area contributed by atoms with Crippen LogP contribution < -0.4 is 14.4 Å². The quantitative estimate of drug-likeness (QED) is 0.427. The number of hydrogen-bond donors (Lipinski definition) is 1. The Balaban J connectivity index is 2.06. The summed E-state index contributed by atoms with van der Waals surface area (Å²) in [7, 11) is -1.11. The summed E-state index contributed by atoms with van der Waals surface area (Å²) in [5, 5.41) is 2.61. The van der Waals surface area contributed by atoms with Crippen LogP contribution in [0.1, 0.15) is 18.9 Å². The SMILES string of the molecule is CC[C@H](C(=O)NC)N(Cc1ccccc1)C(=O)CN(c1cccc(OC)c1)S(=O)(=O)c1ccccc1. The lowest BCUT2D eigenvalue weighted by molar-refractivity contribution is -0.140. The average molecular weight is 510 g/mol. The minimum absolute atomic E-state index is 0.0496. The van der Waals surface area contributed by atoms with E-state index in [0.29, 0.717) is 12.2 Å². The molecule has 0 unspecified atom stereocenters. The number of nitrogens with zero attached hydrogens (tertiary/aromatic N) is 2. The average Bonchev–Trinajstić information content (AvgIpc) is 2.92. The van der Waals surface area contributed by atoms with Crippen LogP contribution in [-0.2, 0) is 26.2 Å². The van der Waals surface area contributed by atoms with Crippen molar-refractivity contribution in [2.75, 3.05) is 25.0 Å². The van der Waals surface area contributed by atoms with Gasteiger partial charge in [-0.15, -0.1) is 0 Å². The van der Waals surface area contributed by atoms with Crippen LogP contribution in [0.4, 0.5) is 5.69 Å². The maximum atomic E-state index is 13.8. The third-order valence-corrected chi connectivity index (χ3v) is 7.57. The number of amides is 2. The van der Waals surface area contributed by atoms with Crippen molar-refractivity contribution < 1.29 is 22.7 Å². The minimum Gasteiger partial charge on any atom is -0.497 e. The Morgan fingerprint density at radius 3 is 2.17 bits per heavy atom. The van der Waals surface area contributed by atoms with E-state index in [1.807, 2.05) is 37.3 Å². The molecule has 0 saturated carbocycles. The van der Waals surface area contributed by atoms with Gasteiger partial charge in [0.2, 0.25) is 11.8 Å². The Bertz CT molecular complexity index is 1270. The summed E-state index contributed by atoms with van der Waals surface area (Å²) in [5.41, 5.74) is 1.10. The molecule has 0 heterocycles. The van der Waals surface area contributed by atoms with Gasteiger partial charge in [0.1, 0.15) is 18.3 Å². The fourth-order valence-corrected chi connectivity index (χ4v) is 5.31. The fraction of sp³-hybridized carbons (Fsp3) is 0.259. The van der Waals surface area contributed by atoms with E-state index in [2.05, 4.69) is 5.32 Å². The number of rotatable bonds is 11. The van der Waals surface area contributed by atoms with Crippen molar-refractivity contribution in [2.24, 2.45) is 0 Å². The first-order valence-corrected chi connectivity index (χ1v) is 13.0. The first kappa shape index (κ1) is 26.7. The summed E-state index contributed by atoms with van der Waals surface area (Å²) >= 11 is 0. The zero-order valence-corrected chi connectivity index (χ0v) is 21.4. The van der Waals surface area contributed by atoms with Crippen molar-refractivity contribution in [1.29, 1.82) is 0 Å². The fourth-order valence-electron chi connectivity index (χ4n) is 3.88. The molecule has 0 aliphatic heterocycles. The van der Waals surface area contributed by atoms with Crippen molar-refractivity contribution in [1.82, 2.24) is 10.2 Å².